The van der Waals surface area contributed by atoms with Crippen LogP contribution in [0.25, 0.3) is 10.9 Å². The number of rotatable bonds is 3. The fourth-order valence-corrected chi connectivity index (χ4v) is 2.80. The van der Waals surface area contributed by atoms with Crippen LogP contribution in [0.1, 0.15) is 35.7 Å². The second-order valence-electron chi connectivity index (χ2n) is 6.21. The monoisotopic (exact) mass is 345 g/mol. The van der Waals surface area contributed by atoms with Crippen molar-refractivity contribution in [2.24, 2.45) is 0 Å². The quantitative estimate of drug-likeness (QED) is 0.727. The van der Waals surface area contributed by atoms with Gasteiger partial charge in [-0.1, -0.05) is 24.3 Å². The van der Waals surface area contributed by atoms with Crippen LogP contribution in [-0.4, -0.2) is 14.8 Å². The van der Waals surface area contributed by atoms with E-state index < -0.39 is 17.3 Å². The van der Waals surface area contributed by atoms with Crippen molar-refractivity contribution in [3.63, 3.8) is 0 Å². The van der Waals surface area contributed by atoms with Crippen LogP contribution in [0.5, 0.6) is 0 Å². The molecule has 0 atom stereocenters. The lowest BCUT2D eigenvalue weighted by atomic mass is 10.2. The number of hydrogen-bond donors (Lipinski definition) is 0. The van der Waals surface area contributed by atoms with Gasteiger partial charge in [-0.25, -0.2) is 4.68 Å². The molecule has 0 amide bonds. The maximum atomic E-state index is 13.2. The molecule has 0 unspecified atom stereocenters. The molecule has 1 aliphatic carbocycles. The van der Waals surface area contributed by atoms with Gasteiger partial charge in [0.05, 0.1) is 23.4 Å². The Morgan fingerprint density at radius 3 is 2.60 bits per heavy atom. The van der Waals surface area contributed by atoms with Crippen molar-refractivity contribution in [1.82, 2.24) is 14.8 Å². The summed E-state index contributed by atoms with van der Waals surface area (Å²) < 4.78 is 40.4. The molecular formula is C18H14F3N3O. The number of alkyl halides is 3. The number of hydrogen-bond acceptors (Lipinski definition) is 3. The highest BCUT2D eigenvalue weighted by Gasteiger charge is 2.37. The highest BCUT2D eigenvalue weighted by atomic mass is 19.4. The molecular weight excluding hydrogens is 331 g/mol. The van der Waals surface area contributed by atoms with Crippen LogP contribution in [0.3, 0.4) is 0 Å². The largest absolute Gasteiger partial charge is 0.421 e. The van der Waals surface area contributed by atoms with Crippen molar-refractivity contribution in [2.45, 2.75) is 31.5 Å². The fraction of sp³-hybridized carbons (Fsp3) is 0.278. The molecule has 0 N–H and O–H groups in total. The lowest BCUT2D eigenvalue weighted by Gasteiger charge is -2.12. The normalized spacial score (nSPS) is 14.8. The van der Waals surface area contributed by atoms with Crippen LogP contribution in [-0.2, 0) is 12.7 Å². The summed E-state index contributed by atoms with van der Waals surface area (Å²) in [6.07, 6.45) is -3.09. The second kappa shape index (κ2) is 5.68. The van der Waals surface area contributed by atoms with E-state index in [4.69, 9.17) is 0 Å². The molecule has 25 heavy (non-hydrogen) atoms. The standard InChI is InChI=1S/C18H14F3N3O/c19-18(20,21)14-9-16(12-5-6-12)23-24(17(14)25)10-13-8-7-11-3-1-2-4-15(11)22-13/h1-4,7-9,12H,5-6,10H2. The molecule has 1 saturated carbocycles. The second-order valence-corrected chi connectivity index (χ2v) is 6.21. The molecule has 2 aromatic heterocycles. The molecule has 7 heteroatoms. The van der Waals surface area contributed by atoms with Crippen molar-refractivity contribution in [3.8, 4) is 0 Å². The van der Waals surface area contributed by atoms with Crippen LogP contribution in [0, 0.1) is 0 Å². The van der Waals surface area contributed by atoms with E-state index in [-0.39, 0.29) is 12.5 Å². The number of fused-ring (bicyclic) bond motifs is 1. The van der Waals surface area contributed by atoms with Crippen LogP contribution < -0.4 is 5.56 Å². The number of benzene rings is 1. The smallest absolute Gasteiger partial charge is 0.267 e. The van der Waals surface area contributed by atoms with Crippen LogP contribution >= 0.6 is 0 Å². The molecule has 0 radical (unpaired) electrons. The van der Waals surface area contributed by atoms with Crippen molar-refractivity contribution < 1.29 is 13.2 Å². The molecule has 1 fully saturated rings. The van der Waals surface area contributed by atoms with Gasteiger partial charge in [0.2, 0.25) is 0 Å². The van der Waals surface area contributed by atoms with Gasteiger partial charge in [0, 0.05) is 11.3 Å². The highest BCUT2D eigenvalue weighted by Crippen LogP contribution is 2.40. The summed E-state index contributed by atoms with van der Waals surface area (Å²) in [5.74, 6) is 0.0116. The zero-order chi connectivity index (χ0) is 17.6. The molecule has 0 spiro atoms. The Bertz CT molecular complexity index is 1010. The van der Waals surface area contributed by atoms with E-state index in [1.165, 1.54) is 0 Å². The zero-order valence-electron chi connectivity index (χ0n) is 13.1. The first-order chi connectivity index (χ1) is 11.9. The Morgan fingerprint density at radius 1 is 1.12 bits per heavy atom. The van der Waals surface area contributed by atoms with Crippen molar-refractivity contribution in [1.29, 1.82) is 0 Å². The Balaban J connectivity index is 1.78. The van der Waals surface area contributed by atoms with Gasteiger partial charge in [0.25, 0.3) is 5.56 Å². The predicted molar refractivity (Wildman–Crippen MR) is 86.3 cm³/mol. The third kappa shape index (κ3) is 3.14. The molecule has 1 aromatic carbocycles. The first kappa shape index (κ1) is 15.8. The first-order valence-electron chi connectivity index (χ1n) is 7.96. The van der Waals surface area contributed by atoms with E-state index in [0.717, 1.165) is 34.5 Å². The van der Waals surface area contributed by atoms with E-state index in [0.29, 0.717) is 11.4 Å². The average molecular weight is 345 g/mol. The molecule has 4 rings (SSSR count). The SMILES string of the molecule is O=c1c(C(F)(F)F)cc(C2CC2)nn1Cc1ccc2ccccc2n1. The van der Waals surface area contributed by atoms with Crippen molar-refractivity contribution in [3.05, 3.63) is 69.8 Å². The van der Waals surface area contributed by atoms with Gasteiger partial charge in [-0.05, 0) is 31.0 Å². The van der Waals surface area contributed by atoms with E-state index in [9.17, 15) is 18.0 Å². The molecule has 4 nitrogen and oxygen atoms in total. The molecule has 0 bridgehead atoms. The third-order valence-electron chi connectivity index (χ3n) is 4.26. The molecule has 1 aliphatic rings. The van der Waals surface area contributed by atoms with Crippen molar-refractivity contribution in [2.75, 3.05) is 0 Å². The average Bonchev–Trinajstić information content (AvgIpc) is 3.40. The number of para-hydroxylation sites is 1. The van der Waals surface area contributed by atoms with E-state index in [1.807, 2.05) is 30.3 Å². The van der Waals surface area contributed by atoms with Gasteiger partial charge in [0.1, 0.15) is 5.56 Å². The number of halogens is 3. The van der Waals surface area contributed by atoms with E-state index in [1.54, 1.807) is 6.07 Å². The van der Waals surface area contributed by atoms with Gasteiger partial charge in [0.15, 0.2) is 0 Å². The Kier molecular flexibility index (Phi) is 3.59. The summed E-state index contributed by atoms with van der Waals surface area (Å²) in [6.45, 7) is -0.0900. The molecule has 0 aliphatic heterocycles. The minimum Gasteiger partial charge on any atom is -0.267 e. The molecule has 128 valence electrons. The van der Waals surface area contributed by atoms with Crippen LogP contribution in [0.15, 0.2) is 47.3 Å². The Morgan fingerprint density at radius 2 is 1.88 bits per heavy atom. The summed E-state index contributed by atoms with van der Waals surface area (Å²) in [5, 5.41) is 5.07. The summed E-state index contributed by atoms with van der Waals surface area (Å²) in [6, 6.07) is 11.8. The maximum absolute atomic E-state index is 13.2. The third-order valence-corrected chi connectivity index (χ3v) is 4.26. The predicted octanol–water partition coefficient (Wildman–Crippen LogP) is 3.74. The molecule has 3 aromatic rings. The summed E-state index contributed by atoms with van der Waals surface area (Å²) in [5.41, 5.74) is -0.749. The first-order valence-corrected chi connectivity index (χ1v) is 7.96. The van der Waals surface area contributed by atoms with Gasteiger partial charge >= 0.3 is 6.18 Å². The van der Waals surface area contributed by atoms with Gasteiger partial charge in [-0.15, -0.1) is 0 Å². The number of nitrogens with zero attached hydrogens (tertiary/aromatic N) is 3. The van der Waals surface area contributed by atoms with Crippen LogP contribution in [0.2, 0.25) is 0 Å². The molecule has 0 saturated heterocycles. The van der Waals surface area contributed by atoms with E-state index in [2.05, 4.69) is 10.1 Å². The van der Waals surface area contributed by atoms with Gasteiger partial charge < -0.3 is 0 Å². The van der Waals surface area contributed by atoms with Gasteiger partial charge in [-0.2, -0.15) is 18.3 Å². The lowest BCUT2D eigenvalue weighted by Crippen LogP contribution is -2.32. The minimum absolute atomic E-state index is 0.0116. The minimum atomic E-state index is -4.69. The summed E-state index contributed by atoms with van der Waals surface area (Å²) in [7, 11) is 0. The zero-order valence-corrected chi connectivity index (χ0v) is 13.1. The topological polar surface area (TPSA) is 47.8 Å². The number of aromatic nitrogens is 3. The summed E-state index contributed by atoms with van der Waals surface area (Å²) >= 11 is 0. The van der Waals surface area contributed by atoms with E-state index >= 15 is 0 Å². The number of pyridine rings is 1. The maximum Gasteiger partial charge on any atom is 0.421 e. The molecule has 2 heterocycles. The fourth-order valence-electron chi connectivity index (χ4n) is 2.80. The Labute approximate surface area is 140 Å². The van der Waals surface area contributed by atoms with Crippen molar-refractivity contribution >= 4 is 10.9 Å². The van der Waals surface area contributed by atoms with Gasteiger partial charge in [-0.3, -0.25) is 9.78 Å². The highest BCUT2D eigenvalue weighted by molar-refractivity contribution is 5.78. The lowest BCUT2D eigenvalue weighted by molar-refractivity contribution is -0.139. The van der Waals surface area contributed by atoms with Crippen LogP contribution in [0.4, 0.5) is 13.2 Å². The summed E-state index contributed by atoms with van der Waals surface area (Å²) in [4.78, 5) is 16.6. The Hall–Kier alpha value is -2.70.